The molecular weight excluding hydrogens is 255 g/mol. The Morgan fingerprint density at radius 1 is 1.21 bits per heavy atom. The second-order valence-corrected chi connectivity index (χ2v) is 5.20. The van der Waals surface area contributed by atoms with E-state index in [0.29, 0.717) is 5.92 Å². The Morgan fingerprint density at radius 2 is 1.84 bits per heavy atom. The third-order valence-electron chi connectivity index (χ3n) is 3.52. The van der Waals surface area contributed by atoms with Gasteiger partial charge < -0.3 is 5.32 Å². The lowest BCUT2D eigenvalue weighted by atomic mass is 9.87. The molecule has 1 saturated carbocycles. The lowest BCUT2D eigenvalue weighted by Gasteiger charge is -2.27. The Morgan fingerprint density at radius 3 is 2.42 bits per heavy atom. The third-order valence-corrected chi connectivity index (χ3v) is 3.52. The molecule has 104 valence electrons. The van der Waals surface area contributed by atoms with Gasteiger partial charge in [0.25, 0.3) is 5.91 Å². The molecule has 0 spiro atoms. The molecule has 2 unspecified atom stereocenters. The van der Waals surface area contributed by atoms with Crippen molar-refractivity contribution in [2.24, 2.45) is 5.92 Å². The summed E-state index contributed by atoms with van der Waals surface area (Å²) in [6.45, 7) is 2.11. The smallest absolute Gasteiger partial charge is 0.251 e. The molecule has 0 aromatic heterocycles. The first-order valence-corrected chi connectivity index (χ1v) is 6.42. The number of carbonyl (C=O) groups excluding carboxylic acids is 1. The number of halogens is 3. The first kappa shape index (κ1) is 13.9. The number of benzene rings is 1. The predicted molar refractivity (Wildman–Crippen MR) is 65.2 cm³/mol. The highest BCUT2D eigenvalue weighted by molar-refractivity contribution is 5.94. The van der Waals surface area contributed by atoms with E-state index in [4.69, 9.17) is 0 Å². The largest absolute Gasteiger partial charge is 0.349 e. The van der Waals surface area contributed by atoms with Gasteiger partial charge in [-0.25, -0.2) is 13.2 Å². The van der Waals surface area contributed by atoms with Crippen molar-refractivity contribution in [2.75, 3.05) is 0 Å². The monoisotopic (exact) mass is 271 g/mol. The van der Waals surface area contributed by atoms with Gasteiger partial charge in [-0.15, -0.1) is 0 Å². The Kier molecular flexibility index (Phi) is 4.12. The van der Waals surface area contributed by atoms with E-state index in [-0.39, 0.29) is 11.6 Å². The van der Waals surface area contributed by atoms with Gasteiger partial charge in [-0.1, -0.05) is 19.8 Å². The zero-order valence-electron chi connectivity index (χ0n) is 10.7. The third kappa shape index (κ3) is 3.28. The Bertz CT molecular complexity index is 467. The number of carbonyl (C=O) groups is 1. The van der Waals surface area contributed by atoms with Crippen molar-refractivity contribution in [3.8, 4) is 0 Å². The van der Waals surface area contributed by atoms with E-state index in [0.717, 1.165) is 37.8 Å². The topological polar surface area (TPSA) is 29.1 Å². The molecule has 1 amide bonds. The highest BCUT2D eigenvalue weighted by Crippen LogP contribution is 2.24. The number of hydrogen-bond acceptors (Lipinski definition) is 1. The summed E-state index contributed by atoms with van der Waals surface area (Å²) in [5, 5.41) is 2.74. The van der Waals surface area contributed by atoms with Crippen LogP contribution < -0.4 is 5.32 Å². The van der Waals surface area contributed by atoms with Crippen LogP contribution in [0.2, 0.25) is 0 Å². The Hall–Kier alpha value is -1.52. The van der Waals surface area contributed by atoms with E-state index in [9.17, 15) is 18.0 Å². The van der Waals surface area contributed by atoms with E-state index in [1.54, 1.807) is 0 Å². The summed E-state index contributed by atoms with van der Waals surface area (Å²) in [6, 6.07) is 1.47. The minimum Gasteiger partial charge on any atom is -0.349 e. The van der Waals surface area contributed by atoms with Crippen LogP contribution in [0.15, 0.2) is 12.1 Å². The fourth-order valence-electron chi connectivity index (χ4n) is 2.52. The van der Waals surface area contributed by atoms with Gasteiger partial charge in [0.2, 0.25) is 0 Å². The molecule has 1 aromatic carbocycles. The molecule has 19 heavy (non-hydrogen) atoms. The molecule has 2 nitrogen and oxygen atoms in total. The minimum atomic E-state index is -1.55. The minimum absolute atomic E-state index is 0.0208. The summed E-state index contributed by atoms with van der Waals surface area (Å²) in [4.78, 5) is 11.9. The lowest BCUT2D eigenvalue weighted by Crippen LogP contribution is -2.38. The van der Waals surface area contributed by atoms with Crippen molar-refractivity contribution in [2.45, 2.75) is 38.6 Å². The second-order valence-electron chi connectivity index (χ2n) is 5.20. The first-order valence-electron chi connectivity index (χ1n) is 6.42. The normalized spacial score (nSPS) is 23.2. The van der Waals surface area contributed by atoms with Crippen LogP contribution in [0.4, 0.5) is 13.2 Å². The van der Waals surface area contributed by atoms with Gasteiger partial charge in [0.05, 0.1) is 0 Å². The van der Waals surface area contributed by atoms with Crippen LogP contribution in [0, 0.1) is 23.4 Å². The quantitative estimate of drug-likeness (QED) is 0.820. The van der Waals surface area contributed by atoms with Crippen molar-refractivity contribution < 1.29 is 18.0 Å². The maximum atomic E-state index is 13.0. The standard InChI is InChI=1S/C14H16F3NO/c1-8-3-2-4-10(5-8)18-14(19)9-6-11(15)13(17)12(16)7-9/h6-8,10H,2-5H2,1H3,(H,18,19). The molecule has 2 rings (SSSR count). The molecule has 0 radical (unpaired) electrons. The van der Waals surface area contributed by atoms with Crippen LogP contribution in [0.3, 0.4) is 0 Å². The maximum absolute atomic E-state index is 13.0. The summed E-state index contributed by atoms with van der Waals surface area (Å²) >= 11 is 0. The van der Waals surface area contributed by atoms with Gasteiger partial charge in [0.1, 0.15) is 0 Å². The first-order chi connectivity index (χ1) is 8.97. The zero-order chi connectivity index (χ0) is 14.0. The molecule has 0 saturated heterocycles. The highest BCUT2D eigenvalue weighted by Gasteiger charge is 2.22. The van der Waals surface area contributed by atoms with Gasteiger partial charge >= 0.3 is 0 Å². The second kappa shape index (κ2) is 5.63. The fourth-order valence-corrected chi connectivity index (χ4v) is 2.52. The molecule has 1 fully saturated rings. The summed E-state index contributed by atoms with van der Waals surface area (Å²) in [5.74, 6) is -4.27. The summed E-state index contributed by atoms with van der Waals surface area (Å²) in [5.41, 5.74) is -0.186. The zero-order valence-corrected chi connectivity index (χ0v) is 10.7. The van der Waals surface area contributed by atoms with Crippen LogP contribution in [0.5, 0.6) is 0 Å². The highest BCUT2D eigenvalue weighted by atomic mass is 19.2. The van der Waals surface area contributed by atoms with E-state index in [1.165, 1.54) is 0 Å². The molecule has 1 N–H and O–H groups in total. The number of amides is 1. The van der Waals surface area contributed by atoms with Crippen LogP contribution in [0.25, 0.3) is 0 Å². The van der Waals surface area contributed by atoms with Gasteiger partial charge in [-0.3, -0.25) is 4.79 Å². The van der Waals surface area contributed by atoms with Crippen LogP contribution in [0.1, 0.15) is 43.0 Å². The van der Waals surface area contributed by atoms with Crippen LogP contribution >= 0.6 is 0 Å². The molecule has 0 aliphatic heterocycles. The Balaban J connectivity index is 2.07. The van der Waals surface area contributed by atoms with E-state index < -0.39 is 23.4 Å². The van der Waals surface area contributed by atoms with Crippen LogP contribution in [-0.2, 0) is 0 Å². The summed E-state index contributed by atoms with van der Waals surface area (Å²) in [6.07, 6.45) is 3.88. The van der Waals surface area contributed by atoms with Gasteiger partial charge in [-0.2, -0.15) is 0 Å². The molecule has 2 atom stereocenters. The lowest BCUT2D eigenvalue weighted by molar-refractivity contribution is 0.0920. The van der Waals surface area contributed by atoms with E-state index >= 15 is 0 Å². The molecule has 0 heterocycles. The molecule has 1 aromatic rings. The predicted octanol–water partition coefficient (Wildman–Crippen LogP) is 3.41. The van der Waals surface area contributed by atoms with Gasteiger partial charge in [-0.05, 0) is 30.9 Å². The average Bonchev–Trinajstić information content (AvgIpc) is 2.35. The summed E-state index contributed by atoms with van der Waals surface area (Å²) in [7, 11) is 0. The average molecular weight is 271 g/mol. The van der Waals surface area contributed by atoms with Crippen molar-refractivity contribution in [1.82, 2.24) is 5.32 Å². The molecule has 1 aliphatic carbocycles. The molecule has 1 aliphatic rings. The number of hydrogen-bond donors (Lipinski definition) is 1. The Labute approximate surface area is 110 Å². The van der Waals surface area contributed by atoms with Crippen molar-refractivity contribution in [3.05, 3.63) is 35.1 Å². The van der Waals surface area contributed by atoms with Crippen molar-refractivity contribution >= 4 is 5.91 Å². The van der Waals surface area contributed by atoms with Crippen LogP contribution in [-0.4, -0.2) is 11.9 Å². The van der Waals surface area contributed by atoms with Gasteiger partial charge in [0, 0.05) is 11.6 Å². The van der Waals surface area contributed by atoms with Crippen molar-refractivity contribution in [3.63, 3.8) is 0 Å². The molecular formula is C14H16F3NO. The number of nitrogens with one attached hydrogen (secondary N) is 1. The SMILES string of the molecule is CC1CCCC(NC(=O)c2cc(F)c(F)c(F)c2)C1. The summed E-state index contributed by atoms with van der Waals surface area (Å²) < 4.78 is 38.9. The number of rotatable bonds is 2. The molecule has 0 bridgehead atoms. The molecule has 5 heteroatoms. The van der Waals surface area contributed by atoms with E-state index in [2.05, 4.69) is 12.2 Å². The fraction of sp³-hybridized carbons (Fsp3) is 0.500. The van der Waals surface area contributed by atoms with E-state index in [1.807, 2.05) is 0 Å². The van der Waals surface area contributed by atoms with Crippen molar-refractivity contribution in [1.29, 1.82) is 0 Å². The van der Waals surface area contributed by atoms with Gasteiger partial charge in [0.15, 0.2) is 17.5 Å². The maximum Gasteiger partial charge on any atom is 0.251 e.